The Labute approximate surface area is 109 Å². The lowest BCUT2D eigenvalue weighted by Crippen LogP contribution is -2.53. The third-order valence-electron chi connectivity index (χ3n) is 2.74. The van der Waals surface area contributed by atoms with Crippen LogP contribution < -0.4 is 11.3 Å². The first-order valence-corrected chi connectivity index (χ1v) is 5.61. The molecule has 0 spiro atoms. The van der Waals surface area contributed by atoms with Crippen molar-refractivity contribution >= 4 is 17.6 Å². The highest BCUT2D eigenvalue weighted by Crippen LogP contribution is 2.34. The van der Waals surface area contributed by atoms with Crippen LogP contribution in [0.2, 0.25) is 0 Å². The standard InChI is InChI=1S/C11H15ClN2O4/c1-11(14-13,10(17)18)5-7(12)6-2-3-8(15)9(16)4-6/h2-4,7,14-16H,5,13H2,1H3,(H,17,18)/t7?,11-/m0/s1. The van der Waals surface area contributed by atoms with E-state index in [9.17, 15) is 15.0 Å². The monoisotopic (exact) mass is 274 g/mol. The van der Waals surface area contributed by atoms with E-state index >= 15 is 0 Å². The zero-order valence-electron chi connectivity index (χ0n) is 9.72. The molecule has 0 heterocycles. The number of hydrazine groups is 1. The zero-order chi connectivity index (χ0) is 13.9. The van der Waals surface area contributed by atoms with Gasteiger partial charge in [0.2, 0.25) is 0 Å². The van der Waals surface area contributed by atoms with Crippen LogP contribution in [0.4, 0.5) is 0 Å². The SMILES string of the molecule is C[C@@](CC(Cl)c1ccc(O)c(O)c1)(NN)C(=O)O. The molecule has 1 rings (SSSR count). The maximum atomic E-state index is 11.0. The van der Waals surface area contributed by atoms with Gasteiger partial charge in [0.25, 0.3) is 0 Å². The molecule has 0 aromatic heterocycles. The lowest BCUT2D eigenvalue weighted by molar-refractivity contribution is -0.144. The molecule has 0 aliphatic rings. The number of phenols is 2. The summed E-state index contributed by atoms with van der Waals surface area (Å²) < 4.78 is 0. The Morgan fingerprint density at radius 1 is 1.50 bits per heavy atom. The maximum absolute atomic E-state index is 11.0. The lowest BCUT2D eigenvalue weighted by Gasteiger charge is -2.26. The number of aromatic hydroxyl groups is 2. The van der Waals surface area contributed by atoms with Crippen molar-refractivity contribution in [3.05, 3.63) is 23.8 Å². The third-order valence-corrected chi connectivity index (χ3v) is 3.15. The van der Waals surface area contributed by atoms with Crippen molar-refractivity contribution in [1.82, 2.24) is 5.43 Å². The molecule has 1 unspecified atom stereocenters. The molecule has 0 saturated heterocycles. The Morgan fingerprint density at radius 3 is 2.56 bits per heavy atom. The quantitative estimate of drug-likeness (QED) is 0.237. The number of rotatable bonds is 5. The van der Waals surface area contributed by atoms with E-state index in [4.69, 9.17) is 22.6 Å². The number of aliphatic carboxylic acids is 1. The van der Waals surface area contributed by atoms with E-state index in [0.29, 0.717) is 5.56 Å². The molecule has 0 bridgehead atoms. The normalized spacial score (nSPS) is 15.9. The van der Waals surface area contributed by atoms with E-state index in [-0.39, 0.29) is 17.9 Å². The molecule has 18 heavy (non-hydrogen) atoms. The molecular formula is C11H15ClN2O4. The summed E-state index contributed by atoms with van der Waals surface area (Å²) in [6.07, 6.45) is 0.0185. The van der Waals surface area contributed by atoms with E-state index in [0.717, 1.165) is 0 Å². The topological polar surface area (TPSA) is 116 Å². The summed E-state index contributed by atoms with van der Waals surface area (Å²) in [5.74, 6) is 3.51. The van der Waals surface area contributed by atoms with E-state index in [1.54, 1.807) is 0 Å². The van der Waals surface area contributed by atoms with Gasteiger partial charge in [-0.05, 0) is 31.0 Å². The largest absolute Gasteiger partial charge is 0.504 e. The van der Waals surface area contributed by atoms with Crippen LogP contribution in [0.15, 0.2) is 18.2 Å². The molecule has 6 N–H and O–H groups in total. The lowest BCUT2D eigenvalue weighted by atomic mass is 9.93. The number of hydrogen-bond acceptors (Lipinski definition) is 5. The molecule has 0 amide bonds. The summed E-state index contributed by atoms with van der Waals surface area (Å²) in [7, 11) is 0. The van der Waals surface area contributed by atoms with Gasteiger partial charge in [-0.1, -0.05) is 6.07 Å². The van der Waals surface area contributed by atoms with Gasteiger partial charge in [0.15, 0.2) is 11.5 Å². The van der Waals surface area contributed by atoms with Gasteiger partial charge in [-0.15, -0.1) is 11.6 Å². The summed E-state index contributed by atoms with van der Waals surface area (Å²) in [5.41, 5.74) is 1.33. The first kappa shape index (κ1) is 14.6. The van der Waals surface area contributed by atoms with E-state index in [2.05, 4.69) is 5.43 Å². The fourth-order valence-corrected chi connectivity index (χ4v) is 1.86. The number of carboxylic acid groups (broad SMARTS) is 1. The summed E-state index contributed by atoms with van der Waals surface area (Å²) >= 11 is 6.09. The third kappa shape index (κ3) is 3.04. The van der Waals surface area contributed by atoms with Crippen molar-refractivity contribution in [3.8, 4) is 11.5 Å². The molecule has 0 radical (unpaired) electrons. The van der Waals surface area contributed by atoms with Crippen LogP contribution in [-0.2, 0) is 4.79 Å². The Bertz CT molecular complexity index is 455. The number of alkyl halides is 1. The van der Waals surface area contributed by atoms with Crippen molar-refractivity contribution in [2.24, 2.45) is 5.84 Å². The van der Waals surface area contributed by atoms with E-state index in [1.807, 2.05) is 0 Å². The van der Waals surface area contributed by atoms with Crippen molar-refractivity contribution in [2.45, 2.75) is 24.3 Å². The smallest absolute Gasteiger partial charge is 0.324 e. The van der Waals surface area contributed by atoms with Gasteiger partial charge in [-0.3, -0.25) is 10.6 Å². The van der Waals surface area contributed by atoms with Gasteiger partial charge < -0.3 is 15.3 Å². The molecule has 2 atom stereocenters. The van der Waals surface area contributed by atoms with Crippen LogP contribution in [0.1, 0.15) is 24.3 Å². The van der Waals surface area contributed by atoms with Crippen molar-refractivity contribution in [2.75, 3.05) is 0 Å². The van der Waals surface area contributed by atoms with Crippen molar-refractivity contribution in [3.63, 3.8) is 0 Å². The minimum Gasteiger partial charge on any atom is -0.504 e. The first-order chi connectivity index (χ1) is 8.30. The summed E-state index contributed by atoms with van der Waals surface area (Å²) in [6, 6.07) is 4.07. The minimum absolute atomic E-state index is 0.0185. The number of phenolic OH excluding ortho intramolecular Hbond substituents is 2. The first-order valence-electron chi connectivity index (χ1n) is 5.17. The van der Waals surface area contributed by atoms with Crippen LogP contribution in [0.25, 0.3) is 0 Å². The molecular weight excluding hydrogens is 260 g/mol. The second kappa shape index (κ2) is 5.43. The minimum atomic E-state index is -1.38. The van der Waals surface area contributed by atoms with Gasteiger partial charge in [0.1, 0.15) is 5.54 Å². The van der Waals surface area contributed by atoms with Crippen molar-refractivity contribution < 1.29 is 20.1 Å². The predicted molar refractivity (Wildman–Crippen MR) is 66.3 cm³/mol. The van der Waals surface area contributed by atoms with Crippen LogP contribution >= 0.6 is 11.6 Å². The average Bonchev–Trinajstić information content (AvgIpc) is 2.32. The van der Waals surface area contributed by atoms with Crippen LogP contribution in [0.3, 0.4) is 0 Å². The van der Waals surface area contributed by atoms with Gasteiger partial charge in [-0.25, -0.2) is 5.43 Å². The van der Waals surface area contributed by atoms with Crippen LogP contribution in [-0.4, -0.2) is 26.8 Å². The van der Waals surface area contributed by atoms with Crippen LogP contribution in [0, 0.1) is 0 Å². The van der Waals surface area contributed by atoms with E-state index < -0.39 is 16.9 Å². The average molecular weight is 275 g/mol. The Kier molecular flexibility index (Phi) is 4.39. The molecule has 1 aromatic carbocycles. The molecule has 0 fully saturated rings. The zero-order valence-corrected chi connectivity index (χ0v) is 10.5. The molecule has 0 aliphatic heterocycles. The number of carbonyl (C=O) groups is 1. The van der Waals surface area contributed by atoms with Crippen molar-refractivity contribution in [1.29, 1.82) is 0 Å². The van der Waals surface area contributed by atoms with Crippen LogP contribution in [0.5, 0.6) is 11.5 Å². The van der Waals surface area contributed by atoms with E-state index in [1.165, 1.54) is 25.1 Å². The van der Waals surface area contributed by atoms with Gasteiger partial charge >= 0.3 is 5.97 Å². The fraction of sp³-hybridized carbons (Fsp3) is 0.364. The predicted octanol–water partition coefficient (Wildman–Crippen LogP) is 1.07. The Morgan fingerprint density at radius 2 is 2.11 bits per heavy atom. The molecule has 1 aromatic rings. The summed E-state index contributed by atoms with van der Waals surface area (Å²) in [6.45, 7) is 1.41. The number of halogens is 1. The fourth-order valence-electron chi connectivity index (χ4n) is 1.42. The highest BCUT2D eigenvalue weighted by atomic mass is 35.5. The van der Waals surface area contributed by atoms with Gasteiger partial charge in [0, 0.05) is 0 Å². The van der Waals surface area contributed by atoms with Gasteiger partial charge in [-0.2, -0.15) is 0 Å². The van der Waals surface area contributed by atoms with Gasteiger partial charge in [0.05, 0.1) is 5.38 Å². The molecule has 7 heteroatoms. The Balaban J connectivity index is 2.90. The molecule has 6 nitrogen and oxygen atoms in total. The maximum Gasteiger partial charge on any atom is 0.324 e. The number of nitrogens with one attached hydrogen (secondary N) is 1. The highest BCUT2D eigenvalue weighted by molar-refractivity contribution is 6.21. The number of carboxylic acids is 1. The molecule has 0 saturated carbocycles. The number of benzene rings is 1. The molecule has 100 valence electrons. The number of hydrogen-bond donors (Lipinski definition) is 5. The molecule has 0 aliphatic carbocycles. The number of nitrogens with two attached hydrogens (primary N) is 1. The second-order valence-electron chi connectivity index (χ2n) is 4.20. The Hall–Kier alpha value is -1.50. The summed E-state index contributed by atoms with van der Waals surface area (Å²) in [4.78, 5) is 11.0. The second-order valence-corrected chi connectivity index (χ2v) is 4.73. The summed E-state index contributed by atoms with van der Waals surface area (Å²) in [5, 5.41) is 26.9. The highest BCUT2D eigenvalue weighted by Gasteiger charge is 2.34.